The number of halogens is 1. The van der Waals surface area contributed by atoms with Gasteiger partial charge in [-0.25, -0.2) is 0 Å². The molecule has 3 rings (SSSR count). The van der Waals surface area contributed by atoms with Crippen LogP contribution in [0.1, 0.15) is 24.1 Å². The molecular weight excluding hydrogens is 240 g/mol. The summed E-state index contributed by atoms with van der Waals surface area (Å²) in [6.45, 7) is 0. The van der Waals surface area contributed by atoms with Crippen LogP contribution < -0.4 is 0 Å². The molecule has 1 heterocycles. The minimum Gasteiger partial charge on any atom is -0.357 e. The van der Waals surface area contributed by atoms with E-state index in [-0.39, 0.29) is 10.6 Å². The third-order valence-electron chi connectivity index (χ3n) is 3.37. The van der Waals surface area contributed by atoms with Crippen LogP contribution in [0.4, 0.5) is 5.69 Å². The van der Waals surface area contributed by atoms with Crippen LogP contribution in [-0.4, -0.2) is 9.91 Å². The summed E-state index contributed by atoms with van der Waals surface area (Å²) in [6.07, 6.45) is 4.07. The number of non-ortho nitro benzene ring substituents is 1. The van der Waals surface area contributed by atoms with Gasteiger partial charge in [0.2, 0.25) is 0 Å². The van der Waals surface area contributed by atoms with Crippen LogP contribution in [-0.2, 0) is 12.8 Å². The number of aromatic nitrogens is 1. The Hall–Kier alpha value is -1.55. The van der Waals surface area contributed by atoms with Gasteiger partial charge in [0.1, 0.15) is 0 Å². The van der Waals surface area contributed by atoms with Crippen LogP contribution in [0.5, 0.6) is 0 Å². The Balaban J connectivity index is 2.41. The highest BCUT2D eigenvalue weighted by Gasteiger charge is 2.23. The maximum Gasteiger partial charge on any atom is 0.279 e. The third kappa shape index (κ3) is 1.52. The summed E-state index contributed by atoms with van der Waals surface area (Å²) in [5.41, 5.74) is 3.07. The average Bonchev–Trinajstić information content (AvgIpc) is 2.69. The van der Waals surface area contributed by atoms with Crippen LogP contribution >= 0.6 is 11.6 Å². The van der Waals surface area contributed by atoms with Crippen molar-refractivity contribution < 1.29 is 4.92 Å². The monoisotopic (exact) mass is 250 g/mol. The second-order valence-electron chi connectivity index (χ2n) is 4.36. The zero-order valence-corrected chi connectivity index (χ0v) is 9.88. The molecule has 0 spiro atoms. The fourth-order valence-electron chi connectivity index (χ4n) is 2.62. The first-order valence-electron chi connectivity index (χ1n) is 5.65. The molecule has 0 saturated heterocycles. The summed E-state index contributed by atoms with van der Waals surface area (Å²) in [5, 5.41) is 12.3. The van der Waals surface area contributed by atoms with Gasteiger partial charge in [-0.05, 0) is 37.3 Å². The van der Waals surface area contributed by atoms with Crippen molar-refractivity contribution in [1.29, 1.82) is 0 Å². The predicted octanol–water partition coefficient (Wildman–Crippen LogP) is 3.61. The number of nitrogens with zero attached hydrogens (tertiary/aromatic N) is 1. The third-order valence-corrected chi connectivity index (χ3v) is 3.69. The highest BCUT2D eigenvalue weighted by molar-refractivity contribution is 6.35. The summed E-state index contributed by atoms with van der Waals surface area (Å²) >= 11 is 6.10. The lowest BCUT2D eigenvalue weighted by atomic mass is 9.95. The smallest absolute Gasteiger partial charge is 0.279 e. The van der Waals surface area contributed by atoms with E-state index in [4.69, 9.17) is 11.6 Å². The highest BCUT2D eigenvalue weighted by Crippen LogP contribution is 2.38. The molecule has 1 aromatic heterocycles. The molecule has 0 bridgehead atoms. The van der Waals surface area contributed by atoms with E-state index in [9.17, 15) is 10.1 Å². The summed E-state index contributed by atoms with van der Waals surface area (Å²) in [4.78, 5) is 14.0. The Morgan fingerprint density at radius 1 is 1.29 bits per heavy atom. The molecule has 0 unspecified atom stereocenters. The number of nitro benzene ring substituents is 1. The molecule has 88 valence electrons. The summed E-state index contributed by atoms with van der Waals surface area (Å²) < 4.78 is 0. The number of benzene rings is 1. The molecule has 0 amide bonds. The van der Waals surface area contributed by atoms with E-state index in [1.165, 1.54) is 6.07 Å². The van der Waals surface area contributed by atoms with Crippen LogP contribution in [0.2, 0.25) is 5.02 Å². The van der Waals surface area contributed by atoms with Gasteiger partial charge in [0, 0.05) is 11.8 Å². The largest absolute Gasteiger partial charge is 0.357 e. The van der Waals surface area contributed by atoms with Crippen molar-refractivity contribution in [1.82, 2.24) is 4.98 Å². The van der Waals surface area contributed by atoms with Crippen LogP contribution in [0.25, 0.3) is 10.9 Å². The SMILES string of the molecule is O=[N+]([O-])c1ccc(Cl)c2[nH]c3c(c12)CCCC3. The van der Waals surface area contributed by atoms with E-state index in [0.29, 0.717) is 15.9 Å². The average molecular weight is 251 g/mol. The Labute approximate surface area is 103 Å². The van der Waals surface area contributed by atoms with Gasteiger partial charge in [-0.2, -0.15) is 0 Å². The Bertz CT molecular complexity index is 618. The van der Waals surface area contributed by atoms with Crippen molar-refractivity contribution in [3.8, 4) is 0 Å². The lowest BCUT2D eigenvalue weighted by Gasteiger charge is -2.10. The maximum atomic E-state index is 11.1. The van der Waals surface area contributed by atoms with Gasteiger partial charge in [-0.15, -0.1) is 0 Å². The first-order chi connectivity index (χ1) is 8.18. The molecule has 5 heteroatoms. The van der Waals surface area contributed by atoms with E-state index in [2.05, 4.69) is 4.98 Å². The summed E-state index contributed by atoms with van der Waals surface area (Å²) in [6, 6.07) is 3.08. The van der Waals surface area contributed by atoms with E-state index in [1.807, 2.05) is 0 Å². The number of rotatable bonds is 1. The molecule has 1 N–H and O–H groups in total. The number of fused-ring (bicyclic) bond motifs is 3. The van der Waals surface area contributed by atoms with Crippen molar-refractivity contribution >= 4 is 28.2 Å². The van der Waals surface area contributed by atoms with Crippen LogP contribution in [0.15, 0.2) is 12.1 Å². The predicted molar refractivity (Wildman–Crippen MR) is 66.6 cm³/mol. The van der Waals surface area contributed by atoms with Crippen LogP contribution in [0.3, 0.4) is 0 Å². The van der Waals surface area contributed by atoms with E-state index in [0.717, 1.165) is 36.9 Å². The van der Waals surface area contributed by atoms with Crippen molar-refractivity contribution in [3.05, 3.63) is 38.5 Å². The van der Waals surface area contributed by atoms with Crippen LogP contribution in [0, 0.1) is 10.1 Å². The summed E-state index contributed by atoms with van der Waals surface area (Å²) in [5.74, 6) is 0. The number of hydrogen-bond acceptors (Lipinski definition) is 2. The molecule has 1 aromatic carbocycles. The lowest BCUT2D eigenvalue weighted by Crippen LogP contribution is -2.00. The van der Waals surface area contributed by atoms with Gasteiger partial charge >= 0.3 is 0 Å². The van der Waals surface area contributed by atoms with Crippen molar-refractivity contribution in [3.63, 3.8) is 0 Å². The quantitative estimate of drug-likeness (QED) is 0.621. The molecule has 1 aliphatic carbocycles. The van der Waals surface area contributed by atoms with Crippen molar-refractivity contribution in [2.24, 2.45) is 0 Å². The molecular formula is C12H11ClN2O2. The molecule has 0 atom stereocenters. The molecule has 4 nitrogen and oxygen atoms in total. The van der Waals surface area contributed by atoms with Gasteiger partial charge in [-0.3, -0.25) is 10.1 Å². The Kier molecular flexibility index (Phi) is 2.33. The second kappa shape index (κ2) is 3.74. The van der Waals surface area contributed by atoms with Gasteiger partial charge in [0.15, 0.2) is 0 Å². The number of aryl methyl sites for hydroxylation is 2. The zero-order chi connectivity index (χ0) is 12.0. The first-order valence-corrected chi connectivity index (χ1v) is 6.02. The molecule has 0 aliphatic heterocycles. The van der Waals surface area contributed by atoms with Gasteiger partial charge in [0.05, 0.1) is 20.8 Å². The minimum absolute atomic E-state index is 0.156. The molecule has 0 fully saturated rings. The maximum absolute atomic E-state index is 11.1. The standard InChI is InChI=1S/C12H11ClN2O2/c13-8-5-6-10(15(16)17)11-7-3-1-2-4-9(7)14-12(8)11/h5-6,14H,1-4H2. The summed E-state index contributed by atoms with van der Waals surface area (Å²) in [7, 11) is 0. The second-order valence-corrected chi connectivity index (χ2v) is 4.77. The molecule has 1 aliphatic rings. The van der Waals surface area contributed by atoms with Gasteiger partial charge in [0.25, 0.3) is 5.69 Å². The topological polar surface area (TPSA) is 58.9 Å². The number of H-pyrrole nitrogens is 1. The fourth-order valence-corrected chi connectivity index (χ4v) is 2.82. The zero-order valence-electron chi connectivity index (χ0n) is 9.12. The van der Waals surface area contributed by atoms with E-state index >= 15 is 0 Å². The molecule has 2 aromatic rings. The molecule has 17 heavy (non-hydrogen) atoms. The number of hydrogen-bond donors (Lipinski definition) is 1. The van der Waals surface area contributed by atoms with Gasteiger partial charge < -0.3 is 4.98 Å². The normalized spacial score (nSPS) is 14.9. The minimum atomic E-state index is -0.332. The number of nitrogens with one attached hydrogen (secondary N) is 1. The fraction of sp³-hybridized carbons (Fsp3) is 0.333. The molecule has 0 saturated carbocycles. The van der Waals surface area contributed by atoms with E-state index < -0.39 is 0 Å². The van der Waals surface area contributed by atoms with Crippen molar-refractivity contribution in [2.45, 2.75) is 25.7 Å². The number of nitro groups is 1. The lowest BCUT2D eigenvalue weighted by molar-refractivity contribution is -0.383. The Morgan fingerprint density at radius 2 is 2.06 bits per heavy atom. The molecule has 0 radical (unpaired) electrons. The van der Waals surface area contributed by atoms with E-state index in [1.54, 1.807) is 6.07 Å². The first kappa shape index (κ1) is 10.6. The van der Waals surface area contributed by atoms with Gasteiger partial charge in [-0.1, -0.05) is 11.6 Å². The Morgan fingerprint density at radius 3 is 2.82 bits per heavy atom. The van der Waals surface area contributed by atoms with Crippen molar-refractivity contribution in [2.75, 3.05) is 0 Å². The highest BCUT2D eigenvalue weighted by atomic mass is 35.5. The number of aromatic amines is 1.